The van der Waals surface area contributed by atoms with Gasteiger partial charge in [-0.2, -0.15) is 0 Å². The lowest BCUT2D eigenvalue weighted by atomic mass is 9.82. The number of hydrogen-bond donors (Lipinski definition) is 2. The van der Waals surface area contributed by atoms with Crippen molar-refractivity contribution in [1.29, 1.82) is 0 Å². The SMILES string of the molecule is Cc1ccc(C)c(NC(=O)CN(CCC(=O)NC(C)(C)CC(C)(C)C)C2CC2)c1. The quantitative estimate of drug-likeness (QED) is 0.643. The van der Waals surface area contributed by atoms with Crippen LogP contribution < -0.4 is 10.6 Å². The second-order valence-electron chi connectivity index (χ2n) is 10.5. The van der Waals surface area contributed by atoms with Gasteiger partial charge in [-0.1, -0.05) is 32.9 Å². The number of carbonyl (C=O) groups is 2. The molecule has 1 fully saturated rings. The first kappa shape index (κ1) is 23.4. The van der Waals surface area contributed by atoms with Gasteiger partial charge in [0, 0.05) is 30.2 Å². The van der Waals surface area contributed by atoms with E-state index in [4.69, 9.17) is 0 Å². The molecule has 5 heteroatoms. The first-order valence-corrected chi connectivity index (χ1v) is 10.8. The standard InChI is InChI=1S/C24H39N3O2/c1-17-8-9-18(2)20(14-17)25-22(29)15-27(19-10-11-19)13-12-21(28)26-24(6,7)16-23(3,4)5/h8-9,14,19H,10-13,15-16H2,1-7H3,(H,25,29)(H,26,28). The van der Waals surface area contributed by atoms with Crippen LogP contribution in [-0.4, -0.2) is 41.4 Å². The fourth-order valence-corrected chi connectivity index (χ4v) is 4.13. The molecule has 0 radical (unpaired) electrons. The molecule has 0 unspecified atom stereocenters. The van der Waals surface area contributed by atoms with E-state index in [0.717, 1.165) is 36.1 Å². The highest BCUT2D eigenvalue weighted by Crippen LogP contribution is 2.28. The summed E-state index contributed by atoms with van der Waals surface area (Å²) >= 11 is 0. The van der Waals surface area contributed by atoms with Crippen LogP contribution in [0.1, 0.15) is 71.4 Å². The summed E-state index contributed by atoms with van der Waals surface area (Å²) in [4.78, 5) is 27.3. The van der Waals surface area contributed by atoms with Crippen molar-refractivity contribution in [3.63, 3.8) is 0 Å². The van der Waals surface area contributed by atoms with Crippen molar-refractivity contribution in [1.82, 2.24) is 10.2 Å². The summed E-state index contributed by atoms with van der Waals surface area (Å²) in [7, 11) is 0. The first-order valence-electron chi connectivity index (χ1n) is 10.8. The Morgan fingerprint density at radius 3 is 2.31 bits per heavy atom. The average molecular weight is 402 g/mol. The van der Waals surface area contributed by atoms with Crippen molar-refractivity contribution in [2.75, 3.05) is 18.4 Å². The molecule has 1 aliphatic rings. The van der Waals surface area contributed by atoms with Crippen molar-refractivity contribution in [3.8, 4) is 0 Å². The Kier molecular flexibility index (Phi) is 7.50. The van der Waals surface area contributed by atoms with Crippen LogP contribution in [0.4, 0.5) is 5.69 Å². The minimum atomic E-state index is -0.236. The molecule has 1 aliphatic carbocycles. The molecule has 162 valence electrons. The Morgan fingerprint density at radius 1 is 1.07 bits per heavy atom. The van der Waals surface area contributed by atoms with E-state index >= 15 is 0 Å². The third kappa shape index (κ3) is 8.57. The van der Waals surface area contributed by atoms with Gasteiger partial charge in [0.2, 0.25) is 11.8 Å². The molecule has 0 spiro atoms. The Hall–Kier alpha value is -1.88. The van der Waals surface area contributed by atoms with Crippen LogP contribution >= 0.6 is 0 Å². The fraction of sp³-hybridized carbons (Fsp3) is 0.667. The molecule has 0 atom stereocenters. The lowest BCUT2D eigenvalue weighted by Crippen LogP contribution is -2.47. The Morgan fingerprint density at radius 2 is 1.72 bits per heavy atom. The smallest absolute Gasteiger partial charge is 0.238 e. The predicted octanol–water partition coefficient (Wildman–Crippen LogP) is 4.43. The van der Waals surface area contributed by atoms with Crippen LogP contribution in [-0.2, 0) is 9.59 Å². The molecule has 0 aliphatic heterocycles. The summed E-state index contributed by atoms with van der Waals surface area (Å²) in [5.41, 5.74) is 2.97. The maximum absolute atomic E-state index is 12.6. The molecule has 1 aromatic rings. The topological polar surface area (TPSA) is 61.4 Å². The molecule has 0 heterocycles. The van der Waals surface area contributed by atoms with E-state index in [2.05, 4.69) is 50.2 Å². The number of hydrogen-bond acceptors (Lipinski definition) is 3. The van der Waals surface area contributed by atoms with Crippen molar-refractivity contribution in [2.24, 2.45) is 5.41 Å². The molecule has 1 aromatic carbocycles. The van der Waals surface area contributed by atoms with Crippen LogP contribution in [0, 0.1) is 19.3 Å². The Bertz CT molecular complexity index is 730. The third-order valence-electron chi connectivity index (χ3n) is 5.15. The van der Waals surface area contributed by atoms with Crippen molar-refractivity contribution in [3.05, 3.63) is 29.3 Å². The molecule has 5 nitrogen and oxygen atoms in total. The number of amides is 2. The van der Waals surface area contributed by atoms with Gasteiger partial charge in [0.25, 0.3) is 0 Å². The monoisotopic (exact) mass is 401 g/mol. The number of benzene rings is 1. The Labute approximate surface area is 176 Å². The molecule has 2 N–H and O–H groups in total. The van der Waals surface area contributed by atoms with Crippen molar-refractivity contribution < 1.29 is 9.59 Å². The van der Waals surface area contributed by atoms with Crippen molar-refractivity contribution >= 4 is 17.5 Å². The molecule has 2 rings (SSSR count). The molecule has 0 aromatic heterocycles. The predicted molar refractivity (Wildman–Crippen MR) is 120 cm³/mol. The zero-order valence-electron chi connectivity index (χ0n) is 19.3. The molecular formula is C24H39N3O2. The summed E-state index contributed by atoms with van der Waals surface area (Å²) in [6.07, 6.45) is 3.54. The van der Waals surface area contributed by atoms with E-state index in [9.17, 15) is 9.59 Å². The second kappa shape index (κ2) is 9.29. The fourth-order valence-electron chi connectivity index (χ4n) is 4.13. The molecule has 1 saturated carbocycles. The maximum Gasteiger partial charge on any atom is 0.238 e. The van der Waals surface area contributed by atoms with Crippen LogP contribution in [0.3, 0.4) is 0 Å². The summed E-state index contributed by atoms with van der Waals surface area (Å²) in [5.74, 6) is 0.0407. The van der Waals surface area contributed by atoms with Gasteiger partial charge in [-0.3, -0.25) is 14.5 Å². The van der Waals surface area contributed by atoms with Crippen LogP contribution in [0.15, 0.2) is 18.2 Å². The van der Waals surface area contributed by atoms with E-state index in [0.29, 0.717) is 25.6 Å². The number of nitrogens with zero attached hydrogens (tertiary/aromatic N) is 1. The van der Waals surface area contributed by atoms with Gasteiger partial charge in [0.1, 0.15) is 0 Å². The summed E-state index contributed by atoms with van der Waals surface area (Å²) < 4.78 is 0. The molecule has 29 heavy (non-hydrogen) atoms. The number of carbonyl (C=O) groups excluding carboxylic acids is 2. The van der Waals surface area contributed by atoms with E-state index < -0.39 is 0 Å². The zero-order valence-corrected chi connectivity index (χ0v) is 19.3. The van der Waals surface area contributed by atoms with Gasteiger partial charge in [-0.05, 0) is 69.6 Å². The zero-order chi connectivity index (χ0) is 21.8. The van der Waals surface area contributed by atoms with Gasteiger partial charge >= 0.3 is 0 Å². The minimum absolute atomic E-state index is 0.0147. The lowest BCUT2D eigenvalue weighted by molar-refractivity contribution is -0.124. The first-order chi connectivity index (χ1) is 13.3. The highest BCUT2D eigenvalue weighted by atomic mass is 16.2. The summed E-state index contributed by atoms with van der Waals surface area (Å²) in [5, 5.41) is 6.20. The highest BCUT2D eigenvalue weighted by Gasteiger charge is 2.31. The number of rotatable bonds is 9. The van der Waals surface area contributed by atoms with E-state index in [1.165, 1.54) is 0 Å². The third-order valence-corrected chi connectivity index (χ3v) is 5.15. The van der Waals surface area contributed by atoms with Crippen LogP contribution in [0.25, 0.3) is 0 Å². The number of nitrogens with one attached hydrogen (secondary N) is 2. The summed E-state index contributed by atoms with van der Waals surface area (Å²) in [6.45, 7) is 15.7. The molecule has 2 amide bonds. The largest absolute Gasteiger partial charge is 0.351 e. The molecule has 0 saturated heterocycles. The van der Waals surface area contributed by atoms with E-state index in [1.807, 2.05) is 32.0 Å². The number of anilines is 1. The number of aryl methyl sites for hydroxylation is 2. The van der Waals surface area contributed by atoms with Gasteiger partial charge in [0.15, 0.2) is 0 Å². The average Bonchev–Trinajstić information content (AvgIpc) is 3.36. The minimum Gasteiger partial charge on any atom is -0.351 e. The van der Waals surface area contributed by atoms with E-state index in [1.54, 1.807) is 0 Å². The Balaban J connectivity index is 1.86. The lowest BCUT2D eigenvalue weighted by Gasteiger charge is -2.33. The van der Waals surface area contributed by atoms with Crippen LogP contribution in [0.2, 0.25) is 0 Å². The van der Waals surface area contributed by atoms with Crippen molar-refractivity contribution in [2.45, 2.75) is 85.7 Å². The maximum atomic E-state index is 12.6. The second-order valence-corrected chi connectivity index (χ2v) is 10.5. The molecular weight excluding hydrogens is 362 g/mol. The normalized spacial score (nSPS) is 14.8. The van der Waals surface area contributed by atoms with E-state index in [-0.39, 0.29) is 22.8 Å². The van der Waals surface area contributed by atoms with Gasteiger partial charge in [-0.15, -0.1) is 0 Å². The highest BCUT2D eigenvalue weighted by molar-refractivity contribution is 5.93. The van der Waals surface area contributed by atoms with Gasteiger partial charge in [-0.25, -0.2) is 0 Å². The summed E-state index contributed by atoms with van der Waals surface area (Å²) in [6, 6.07) is 6.49. The van der Waals surface area contributed by atoms with Crippen LogP contribution in [0.5, 0.6) is 0 Å². The molecule has 0 bridgehead atoms. The van der Waals surface area contributed by atoms with Gasteiger partial charge in [0.05, 0.1) is 6.54 Å². The van der Waals surface area contributed by atoms with Gasteiger partial charge < -0.3 is 10.6 Å².